The molecule has 0 fully saturated rings. The van der Waals surface area contributed by atoms with Gasteiger partial charge in [0.2, 0.25) is 0 Å². The number of hydrogen-bond donors (Lipinski definition) is 0. The molecule has 3 aromatic rings. The summed E-state index contributed by atoms with van der Waals surface area (Å²) in [5.74, 6) is 0. The first-order valence-corrected chi connectivity index (χ1v) is 17.5. The van der Waals surface area contributed by atoms with Gasteiger partial charge in [-0.3, -0.25) is 0 Å². The van der Waals surface area contributed by atoms with E-state index in [0.29, 0.717) is 0 Å². The van der Waals surface area contributed by atoms with E-state index < -0.39 is 13.4 Å². The van der Waals surface area contributed by atoms with Gasteiger partial charge in [-0.1, -0.05) is 97.5 Å². The second-order valence-electron chi connectivity index (χ2n) is 6.27. The molecule has 0 N–H and O–H groups in total. The molecule has 24 heavy (non-hydrogen) atoms. The highest BCUT2D eigenvalue weighted by atomic mass is 79.9. The van der Waals surface area contributed by atoms with Crippen LogP contribution >= 0.6 is 30.6 Å². The van der Waals surface area contributed by atoms with Crippen molar-refractivity contribution in [2.45, 2.75) is 12.2 Å². The average molecular weight is 476 g/mol. The van der Waals surface area contributed by atoms with Gasteiger partial charge in [-0.05, 0) is 21.2 Å². The molecule has 0 radical (unpaired) electrons. The summed E-state index contributed by atoms with van der Waals surface area (Å²) < 4.78 is 0. The molecular formula is C20H20Br2Si2. The predicted octanol–water partition coefficient (Wildman–Crippen LogP) is 4.56. The van der Waals surface area contributed by atoms with Gasteiger partial charge in [0.05, 0.1) is 0 Å². The molecule has 0 aromatic heterocycles. The molecule has 0 amide bonds. The number of hydrogen-bond acceptors (Lipinski definition) is 0. The van der Waals surface area contributed by atoms with E-state index in [0.717, 1.165) is 5.67 Å². The van der Waals surface area contributed by atoms with E-state index in [1.807, 2.05) is 0 Å². The minimum Gasteiger partial charge on any atom is -0.121 e. The van der Waals surface area contributed by atoms with Crippen LogP contribution in [-0.4, -0.2) is 13.4 Å². The molecule has 1 unspecified atom stereocenters. The van der Waals surface area contributed by atoms with Gasteiger partial charge in [0.1, 0.15) is 0 Å². The quantitative estimate of drug-likeness (QED) is 0.374. The fourth-order valence-corrected chi connectivity index (χ4v) is 26.5. The zero-order chi connectivity index (χ0) is 17.0. The summed E-state index contributed by atoms with van der Waals surface area (Å²) in [6, 6.07) is 32.8. The molecule has 0 aliphatic heterocycles. The van der Waals surface area contributed by atoms with Gasteiger partial charge in [-0.2, -0.15) is 0 Å². The van der Waals surface area contributed by atoms with Crippen molar-refractivity contribution in [1.82, 2.24) is 0 Å². The first kappa shape index (κ1) is 17.9. The number of halogens is 2. The smallest absolute Gasteiger partial charge is 0.121 e. The molecular weight excluding hydrogens is 456 g/mol. The molecule has 0 spiro atoms. The van der Waals surface area contributed by atoms with E-state index in [2.05, 4.69) is 128 Å². The monoisotopic (exact) mass is 474 g/mol. The topological polar surface area (TPSA) is 0 Å². The zero-order valence-corrected chi connectivity index (χ0v) is 18.8. The maximum atomic E-state index is 4.28. The van der Waals surface area contributed by atoms with Crippen molar-refractivity contribution < 1.29 is 0 Å². The molecule has 0 aliphatic rings. The highest BCUT2D eigenvalue weighted by Crippen LogP contribution is 2.29. The minimum atomic E-state index is -1.99. The van der Waals surface area contributed by atoms with Crippen LogP contribution in [-0.2, 0) is 0 Å². The van der Waals surface area contributed by atoms with E-state index in [4.69, 9.17) is 0 Å². The van der Waals surface area contributed by atoms with E-state index in [1.54, 1.807) is 0 Å². The van der Waals surface area contributed by atoms with Crippen LogP contribution in [0.15, 0.2) is 91.0 Å². The standard InChI is InChI=1S/C20H20Br2Si2/c1-23(21,18-11-5-2-6-12-18)17-24(22,19-13-7-3-8-14-19)20-15-9-4-10-16-20/h2-16H,17H2,1H3. The van der Waals surface area contributed by atoms with Crippen molar-refractivity contribution in [3.8, 4) is 0 Å². The van der Waals surface area contributed by atoms with Gasteiger partial charge in [-0.25, -0.2) is 0 Å². The first-order chi connectivity index (χ1) is 11.5. The Labute approximate surface area is 162 Å². The van der Waals surface area contributed by atoms with Crippen LogP contribution in [0.25, 0.3) is 0 Å². The second kappa shape index (κ2) is 7.52. The highest BCUT2D eigenvalue weighted by molar-refractivity contribution is 9.28. The summed E-state index contributed by atoms with van der Waals surface area (Å²) in [6.45, 7) is -1.33. The Kier molecular flexibility index (Phi) is 5.60. The third-order valence-corrected chi connectivity index (χ3v) is 22.2. The molecule has 0 saturated heterocycles. The molecule has 3 aromatic carbocycles. The van der Waals surface area contributed by atoms with E-state index in [1.165, 1.54) is 15.6 Å². The Morgan fingerprint density at radius 1 is 0.583 bits per heavy atom. The van der Waals surface area contributed by atoms with Gasteiger partial charge in [-0.15, -0.1) is 30.6 Å². The Balaban J connectivity index is 2.06. The molecule has 0 aliphatic carbocycles. The first-order valence-electron chi connectivity index (χ1n) is 8.07. The number of rotatable bonds is 5. The third kappa shape index (κ3) is 3.82. The summed E-state index contributed by atoms with van der Waals surface area (Å²) in [6.07, 6.45) is 0. The molecule has 0 heterocycles. The molecule has 3 rings (SSSR count). The van der Waals surface area contributed by atoms with Gasteiger partial charge in [0, 0.05) is 0 Å². The van der Waals surface area contributed by atoms with E-state index in [9.17, 15) is 0 Å². The molecule has 122 valence electrons. The van der Waals surface area contributed by atoms with Crippen LogP contribution in [0, 0.1) is 0 Å². The fourth-order valence-electron chi connectivity index (χ4n) is 3.12. The van der Waals surface area contributed by atoms with Crippen LogP contribution in [0.1, 0.15) is 0 Å². The molecule has 1 atom stereocenters. The normalized spacial score (nSPS) is 14.1. The van der Waals surface area contributed by atoms with Gasteiger partial charge in [0.15, 0.2) is 13.4 Å². The van der Waals surface area contributed by atoms with Gasteiger partial charge in [0.25, 0.3) is 0 Å². The van der Waals surface area contributed by atoms with Crippen LogP contribution < -0.4 is 15.6 Å². The lowest BCUT2D eigenvalue weighted by Gasteiger charge is -2.33. The number of benzene rings is 3. The predicted molar refractivity (Wildman–Crippen MR) is 118 cm³/mol. The maximum Gasteiger partial charge on any atom is 0.189 e. The van der Waals surface area contributed by atoms with Crippen molar-refractivity contribution in [1.29, 1.82) is 0 Å². The van der Waals surface area contributed by atoms with Crippen molar-refractivity contribution >= 4 is 59.5 Å². The highest BCUT2D eigenvalue weighted by Gasteiger charge is 2.42. The zero-order valence-electron chi connectivity index (χ0n) is 13.6. The molecule has 0 saturated carbocycles. The SMILES string of the molecule is C[Si](Br)(C[Si](Br)(c1ccccc1)c1ccccc1)c1ccccc1. The van der Waals surface area contributed by atoms with E-state index in [-0.39, 0.29) is 0 Å². The van der Waals surface area contributed by atoms with Crippen molar-refractivity contribution in [2.24, 2.45) is 0 Å². The fraction of sp³-hybridized carbons (Fsp3) is 0.100. The lowest BCUT2D eigenvalue weighted by atomic mass is 10.4. The van der Waals surface area contributed by atoms with E-state index >= 15 is 0 Å². The third-order valence-electron chi connectivity index (χ3n) is 4.41. The molecule has 0 nitrogen and oxygen atoms in total. The second-order valence-corrected chi connectivity index (χ2v) is 22.7. The van der Waals surface area contributed by atoms with Crippen molar-refractivity contribution in [3.63, 3.8) is 0 Å². The van der Waals surface area contributed by atoms with Crippen LogP contribution in [0.4, 0.5) is 0 Å². The Morgan fingerprint density at radius 2 is 0.917 bits per heavy atom. The lowest BCUT2D eigenvalue weighted by Crippen LogP contribution is -2.59. The molecule has 4 heteroatoms. The van der Waals surface area contributed by atoms with Gasteiger partial charge >= 0.3 is 0 Å². The van der Waals surface area contributed by atoms with Gasteiger partial charge < -0.3 is 0 Å². The van der Waals surface area contributed by atoms with Crippen LogP contribution in [0.3, 0.4) is 0 Å². The van der Waals surface area contributed by atoms with Crippen molar-refractivity contribution in [2.75, 3.05) is 0 Å². The van der Waals surface area contributed by atoms with Crippen LogP contribution in [0.2, 0.25) is 12.2 Å². The summed E-state index contributed by atoms with van der Waals surface area (Å²) in [7, 11) is 0. The molecule has 0 bridgehead atoms. The summed E-state index contributed by atoms with van der Waals surface area (Å²) in [4.78, 5) is 0. The lowest BCUT2D eigenvalue weighted by molar-refractivity contribution is 1.66. The van der Waals surface area contributed by atoms with Crippen LogP contribution in [0.5, 0.6) is 0 Å². The Bertz CT molecular complexity index is 735. The average Bonchev–Trinajstić information content (AvgIpc) is 2.63. The largest absolute Gasteiger partial charge is 0.189 e. The summed E-state index contributed by atoms with van der Waals surface area (Å²) in [5.41, 5.74) is 1.16. The minimum absolute atomic E-state index is 1.16. The van der Waals surface area contributed by atoms with Crippen molar-refractivity contribution in [3.05, 3.63) is 91.0 Å². The Hall–Kier alpha value is -0.946. The summed E-state index contributed by atoms with van der Waals surface area (Å²) >= 11 is 8.44. The Morgan fingerprint density at radius 3 is 1.29 bits per heavy atom. The summed E-state index contributed by atoms with van der Waals surface area (Å²) in [5, 5.41) is 4.32. The maximum absolute atomic E-state index is 4.28.